The molecule has 2 aliphatic heterocycles. The van der Waals surface area contributed by atoms with E-state index in [1.54, 1.807) is 6.33 Å². The molecule has 0 bridgehead atoms. The maximum absolute atomic E-state index is 6.41. The van der Waals surface area contributed by atoms with Crippen LogP contribution in [0, 0.1) is 5.92 Å². The zero-order valence-corrected chi connectivity index (χ0v) is 13.5. The Bertz CT molecular complexity index is 823. The molecular formula is C15H20N6O3. The molecule has 0 radical (unpaired) electrons. The molecule has 128 valence electrons. The molecule has 4 N–H and O–H groups in total. The molecule has 9 heteroatoms. The summed E-state index contributed by atoms with van der Waals surface area (Å²) in [4.78, 5) is 12.6. The molecule has 1 spiro atoms. The number of anilines is 1. The summed E-state index contributed by atoms with van der Waals surface area (Å²) in [5.74, 6) is -0.0311. The zero-order valence-electron chi connectivity index (χ0n) is 13.5. The highest BCUT2D eigenvalue weighted by Crippen LogP contribution is 2.61. The Labute approximate surface area is 138 Å². The van der Waals surface area contributed by atoms with Crippen molar-refractivity contribution in [2.45, 2.75) is 50.1 Å². The van der Waals surface area contributed by atoms with Crippen LogP contribution in [0.1, 0.15) is 26.5 Å². The molecule has 2 aromatic rings. The lowest BCUT2D eigenvalue weighted by molar-refractivity contribution is -0.203. The van der Waals surface area contributed by atoms with E-state index in [9.17, 15) is 0 Å². The Morgan fingerprint density at radius 1 is 1.25 bits per heavy atom. The number of hydrogen-bond acceptors (Lipinski definition) is 8. The van der Waals surface area contributed by atoms with E-state index in [4.69, 9.17) is 25.7 Å². The minimum atomic E-state index is -0.656. The fourth-order valence-corrected chi connectivity index (χ4v) is 4.11. The highest BCUT2D eigenvalue weighted by molar-refractivity contribution is 5.81. The van der Waals surface area contributed by atoms with Crippen molar-refractivity contribution in [1.82, 2.24) is 19.5 Å². The molecule has 5 rings (SSSR count). The Morgan fingerprint density at radius 2 is 2.08 bits per heavy atom. The summed E-state index contributed by atoms with van der Waals surface area (Å²) >= 11 is 0. The summed E-state index contributed by atoms with van der Waals surface area (Å²) in [5, 5.41) is 0. The van der Waals surface area contributed by atoms with Crippen molar-refractivity contribution < 1.29 is 14.2 Å². The lowest BCUT2D eigenvalue weighted by Gasteiger charge is -2.25. The first-order chi connectivity index (χ1) is 11.5. The number of hydrogen-bond donors (Lipinski definition) is 2. The van der Waals surface area contributed by atoms with Crippen LogP contribution in [0.2, 0.25) is 0 Å². The topological polar surface area (TPSA) is 123 Å². The van der Waals surface area contributed by atoms with Gasteiger partial charge >= 0.3 is 0 Å². The second-order valence-corrected chi connectivity index (χ2v) is 7.20. The van der Waals surface area contributed by atoms with Gasteiger partial charge in [0.05, 0.1) is 6.33 Å². The molecule has 3 fully saturated rings. The van der Waals surface area contributed by atoms with Crippen LogP contribution in [0.3, 0.4) is 0 Å². The molecule has 2 aromatic heterocycles. The van der Waals surface area contributed by atoms with Gasteiger partial charge in [-0.25, -0.2) is 15.0 Å². The van der Waals surface area contributed by atoms with Crippen LogP contribution < -0.4 is 11.5 Å². The highest BCUT2D eigenvalue weighted by atomic mass is 16.8. The van der Waals surface area contributed by atoms with Crippen molar-refractivity contribution in [1.29, 1.82) is 0 Å². The quantitative estimate of drug-likeness (QED) is 0.798. The van der Waals surface area contributed by atoms with Gasteiger partial charge in [0.1, 0.15) is 29.7 Å². The number of imidazole rings is 1. The van der Waals surface area contributed by atoms with Crippen molar-refractivity contribution in [3.8, 4) is 0 Å². The van der Waals surface area contributed by atoms with Gasteiger partial charge in [-0.1, -0.05) is 0 Å². The summed E-state index contributed by atoms with van der Waals surface area (Å²) in [5.41, 5.74) is 12.6. The van der Waals surface area contributed by atoms with Crippen molar-refractivity contribution >= 4 is 17.0 Å². The molecule has 3 aliphatic rings. The number of nitrogens with zero attached hydrogens (tertiary/aromatic N) is 4. The number of aromatic nitrogens is 4. The lowest BCUT2D eigenvalue weighted by Crippen LogP contribution is -2.34. The summed E-state index contributed by atoms with van der Waals surface area (Å²) in [6.07, 6.45) is 3.20. The maximum Gasteiger partial charge on any atom is 0.167 e. The first kappa shape index (κ1) is 14.5. The third-order valence-corrected chi connectivity index (χ3v) is 5.27. The predicted molar refractivity (Wildman–Crippen MR) is 83.6 cm³/mol. The maximum atomic E-state index is 6.41. The number of ether oxygens (including phenoxy) is 3. The fourth-order valence-electron chi connectivity index (χ4n) is 4.11. The standard InChI is InChI=1S/C15H20N6O3/c1-14(2)22-9-10(23-14)15(3-7(15)4-16)24-13(9)21-6-20-8-11(17)18-5-19-12(8)21/h5-7,9-10,13H,3-4,16H2,1-2H3,(H2,17,18,19)/t7?,9-,10?,13?,15+/m0/s1. The molecule has 2 saturated heterocycles. The molecule has 0 amide bonds. The second kappa shape index (κ2) is 4.42. The van der Waals surface area contributed by atoms with Crippen molar-refractivity contribution in [3.05, 3.63) is 12.7 Å². The smallest absolute Gasteiger partial charge is 0.167 e. The molecule has 9 nitrogen and oxygen atoms in total. The van der Waals surface area contributed by atoms with Gasteiger partial charge in [-0.05, 0) is 26.8 Å². The van der Waals surface area contributed by atoms with Gasteiger partial charge in [0.15, 0.2) is 23.5 Å². The van der Waals surface area contributed by atoms with Crippen LogP contribution >= 0.6 is 0 Å². The van der Waals surface area contributed by atoms with E-state index in [2.05, 4.69) is 15.0 Å². The van der Waals surface area contributed by atoms with E-state index in [-0.39, 0.29) is 30.0 Å². The molecular weight excluding hydrogens is 312 g/mol. The first-order valence-corrected chi connectivity index (χ1v) is 8.12. The Morgan fingerprint density at radius 3 is 2.83 bits per heavy atom. The van der Waals surface area contributed by atoms with E-state index < -0.39 is 5.79 Å². The average Bonchev–Trinajstić information content (AvgIpc) is 2.78. The fraction of sp³-hybridized carbons (Fsp3) is 0.667. The minimum Gasteiger partial charge on any atom is -0.382 e. The monoisotopic (exact) mass is 332 g/mol. The average molecular weight is 332 g/mol. The van der Waals surface area contributed by atoms with Gasteiger partial charge in [-0.15, -0.1) is 0 Å². The number of fused-ring (bicyclic) bond motifs is 3. The van der Waals surface area contributed by atoms with Gasteiger partial charge in [0.2, 0.25) is 0 Å². The third-order valence-electron chi connectivity index (χ3n) is 5.27. The van der Waals surface area contributed by atoms with Crippen molar-refractivity contribution in [2.75, 3.05) is 12.3 Å². The largest absolute Gasteiger partial charge is 0.382 e. The molecule has 5 atom stereocenters. The minimum absolute atomic E-state index is 0.150. The van der Waals surface area contributed by atoms with E-state index >= 15 is 0 Å². The number of nitrogen functional groups attached to an aromatic ring is 1. The molecule has 3 unspecified atom stereocenters. The summed E-state index contributed by atoms with van der Waals surface area (Å²) in [6.45, 7) is 4.41. The first-order valence-electron chi connectivity index (χ1n) is 8.12. The summed E-state index contributed by atoms with van der Waals surface area (Å²) in [7, 11) is 0. The summed E-state index contributed by atoms with van der Waals surface area (Å²) in [6, 6.07) is 0. The lowest BCUT2D eigenvalue weighted by atomic mass is 10.1. The zero-order chi connectivity index (χ0) is 16.7. The van der Waals surface area contributed by atoms with Crippen LogP contribution in [0.4, 0.5) is 5.82 Å². The molecule has 1 aliphatic carbocycles. The Hall–Kier alpha value is -1.81. The number of nitrogens with two attached hydrogens (primary N) is 2. The SMILES string of the molecule is CC1(C)OC2[C@H](O1)C(n1cnc3c(N)ncnc31)O[C@@]21CC1CN. The van der Waals surface area contributed by atoms with Crippen LogP contribution in [0.5, 0.6) is 0 Å². The molecule has 0 aromatic carbocycles. The van der Waals surface area contributed by atoms with Gasteiger partial charge in [-0.2, -0.15) is 0 Å². The second-order valence-electron chi connectivity index (χ2n) is 7.20. The molecule has 4 heterocycles. The van der Waals surface area contributed by atoms with Crippen LogP contribution in [0.25, 0.3) is 11.2 Å². The molecule has 24 heavy (non-hydrogen) atoms. The van der Waals surface area contributed by atoms with Crippen molar-refractivity contribution in [3.63, 3.8) is 0 Å². The molecule has 1 saturated carbocycles. The van der Waals surface area contributed by atoms with Gasteiger partial charge in [-0.3, -0.25) is 4.57 Å². The highest BCUT2D eigenvalue weighted by Gasteiger charge is 2.73. The Kier molecular flexibility index (Phi) is 2.68. The Balaban J connectivity index is 1.59. The van der Waals surface area contributed by atoms with E-state index in [0.717, 1.165) is 6.42 Å². The van der Waals surface area contributed by atoms with Gasteiger partial charge in [0.25, 0.3) is 0 Å². The predicted octanol–water partition coefficient (Wildman–Crippen LogP) is 0.175. The van der Waals surface area contributed by atoms with E-state index in [1.807, 2.05) is 18.4 Å². The van der Waals surface area contributed by atoms with E-state index in [0.29, 0.717) is 23.5 Å². The van der Waals surface area contributed by atoms with Crippen LogP contribution in [-0.4, -0.2) is 49.7 Å². The summed E-state index contributed by atoms with van der Waals surface area (Å²) < 4.78 is 20.6. The number of rotatable bonds is 2. The van der Waals surface area contributed by atoms with Crippen molar-refractivity contribution in [2.24, 2.45) is 11.7 Å². The van der Waals surface area contributed by atoms with E-state index in [1.165, 1.54) is 6.33 Å². The van der Waals surface area contributed by atoms with Crippen LogP contribution in [0.15, 0.2) is 12.7 Å². The van der Waals surface area contributed by atoms with Gasteiger partial charge in [0, 0.05) is 5.92 Å². The van der Waals surface area contributed by atoms with Gasteiger partial charge < -0.3 is 25.7 Å². The third kappa shape index (κ3) is 1.75. The normalized spacial score (nSPS) is 39.6. The van der Waals surface area contributed by atoms with Crippen LogP contribution in [-0.2, 0) is 14.2 Å².